The number of hydrogen-bond donors (Lipinski definition) is 1. The first kappa shape index (κ1) is 17.9. The molecular formula is C20H16ClF2N3. The van der Waals surface area contributed by atoms with Crippen LogP contribution in [0.3, 0.4) is 0 Å². The zero-order chi connectivity index (χ0) is 17.2. The first-order valence-corrected chi connectivity index (χ1v) is 7.93. The first-order valence-electron chi connectivity index (χ1n) is 7.93. The summed E-state index contributed by atoms with van der Waals surface area (Å²) in [5, 5.41) is 3.25. The van der Waals surface area contributed by atoms with Crippen molar-refractivity contribution in [2.75, 3.05) is 5.32 Å². The third kappa shape index (κ3) is 3.39. The SMILES string of the molecule is Cl.Fc1ccc(-n2c(NCc3ccccc3)nc3ccccc32)c(F)c1. The van der Waals surface area contributed by atoms with Crippen molar-refractivity contribution in [1.29, 1.82) is 0 Å². The highest BCUT2D eigenvalue weighted by atomic mass is 35.5. The minimum absolute atomic E-state index is 0. The number of nitrogens with one attached hydrogen (secondary N) is 1. The standard InChI is InChI=1S/C20H15F2N3.ClH/c21-15-10-11-18(16(22)12-15)25-19-9-5-4-8-17(19)24-20(25)23-13-14-6-2-1-3-7-14;/h1-12H,13H2,(H,23,24);1H. The topological polar surface area (TPSA) is 29.9 Å². The van der Waals surface area contributed by atoms with Gasteiger partial charge >= 0.3 is 0 Å². The number of benzene rings is 3. The predicted octanol–water partition coefficient (Wildman–Crippen LogP) is 5.34. The summed E-state index contributed by atoms with van der Waals surface area (Å²) >= 11 is 0. The lowest BCUT2D eigenvalue weighted by Crippen LogP contribution is -2.07. The van der Waals surface area contributed by atoms with Crippen LogP contribution in [0.25, 0.3) is 16.7 Å². The number of fused-ring (bicyclic) bond motifs is 1. The number of halogens is 3. The number of rotatable bonds is 4. The Labute approximate surface area is 155 Å². The Morgan fingerprint density at radius 3 is 2.38 bits per heavy atom. The molecule has 26 heavy (non-hydrogen) atoms. The summed E-state index contributed by atoms with van der Waals surface area (Å²) in [6.07, 6.45) is 0. The van der Waals surface area contributed by atoms with E-state index in [9.17, 15) is 8.78 Å². The molecule has 1 N–H and O–H groups in total. The molecule has 0 aliphatic rings. The molecule has 0 fully saturated rings. The second-order valence-electron chi connectivity index (χ2n) is 5.69. The highest BCUT2D eigenvalue weighted by Gasteiger charge is 2.15. The molecule has 0 saturated carbocycles. The fourth-order valence-electron chi connectivity index (χ4n) is 2.83. The lowest BCUT2D eigenvalue weighted by Gasteiger charge is -2.12. The van der Waals surface area contributed by atoms with Crippen LogP contribution in [0, 0.1) is 11.6 Å². The number of hydrogen-bond acceptors (Lipinski definition) is 2. The third-order valence-electron chi connectivity index (χ3n) is 4.00. The summed E-state index contributed by atoms with van der Waals surface area (Å²) in [4.78, 5) is 4.56. The predicted molar refractivity (Wildman–Crippen MR) is 102 cm³/mol. The van der Waals surface area contributed by atoms with Crippen molar-refractivity contribution >= 4 is 29.4 Å². The average molecular weight is 372 g/mol. The Morgan fingerprint density at radius 1 is 0.885 bits per heavy atom. The van der Waals surface area contributed by atoms with Gasteiger partial charge in [-0.05, 0) is 29.8 Å². The van der Waals surface area contributed by atoms with Crippen LogP contribution in [0.4, 0.5) is 14.7 Å². The summed E-state index contributed by atoms with van der Waals surface area (Å²) in [5.74, 6) is -0.731. The molecule has 0 unspecified atom stereocenters. The van der Waals surface area contributed by atoms with Crippen molar-refractivity contribution in [2.45, 2.75) is 6.54 Å². The van der Waals surface area contributed by atoms with Crippen LogP contribution in [-0.4, -0.2) is 9.55 Å². The van der Waals surface area contributed by atoms with Crippen LogP contribution in [0.1, 0.15) is 5.56 Å². The molecule has 132 valence electrons. The fourth-order valence-corrected chi connectivity index (χ4v) is 2.83. The number of aromatic nitrogens is 2. The maximum absolute atomic E-state index is 14.4. The molecule has 0 aliphatic carbocycles. The second-order valence-corrected chi connectivity index (χ2v) is 5.69. The quantitative estimate of drug-likeness (QED) is 0.525. The van der Waals surface area contributed by atoms with Crippen molar-refractivity contribution in [3.63, 3.8) is 0 Å². The van der Waals surface area contributed by atoms with Crippen LogP contribution in [0.2, 0.25) is 0 Å². The van der Waals surface area contributed by atoms with E-state index in [2.05, 4.69) is 10.3 Å². The Morgan fingerprint density at radius 2 is 1.62 bits per heavy atom. The summed E-state index contributed by atoms with van der Waals surface area (Å²) in [5.41, 5.74) is 2.83. The molecular weight excluding hydrogens is 356 g/mol. The van der Waals surface area contributed by atoms with Gasteiger partial charge < -0.3 is 5.32 Å². The van der Waals surface area contributed by atoms with Gasteiger partial charge in [0.15, 0.2) is 0 Å². The van der Waals surface area contributed by atoms with E-state index in [1.165, 1.54) is 12.1 Å². The smallest absolute Gasteiger partial charge is 0.208 e. The molecule has 1 aromatic heterocycles. The summed E-state index contributed by atoms with van der Waals surface area (Å²) < 4.78 is 29.3. The summed E-state index contributed by atoms with van der Waals surface area (Å²) in [6.45, 7) is 0.549. The van der Waals surface area contributed by atoms with Gasteiger partial charge in [-0.1, -0.05) is 42.5 Å². The normalized spacial score (nSPS) is 10.5. The minimum Gasteiger partial charge on any atom is -0.351 e. The van der Waals surface area contributed by atoms with Crippen LogP contribution < -0.4 is 5.32 Å². The summed E-state index contributed by atoms with van der Waals surface area (Å²) in [6, 6.07) is 20.9. The van der Waals surface area contributed by atoms with Crippen molar-refractivity contribution in [3.8, 4) is 5.69 Å². The average Bonchev–Trinajstić information content (AvgIpc) is 2.99. The van der Waals surface area contributed by atoms with Crippen molar-refractivity contribution < 1.29 is 8.78 Å². The van der Waals surface area contributed by atoms with Gasteiger partial charge in [0.1, 0.15) is 11.6 Å². The van der Waals surface area contributed by atoms with E-state index < -0.39 is 11.6 Å². The maximum atomic E-state index is 14.4. The van der Waals surface area contributed by atoms with Crippen molar-refractivity contribution in [2.24, 2.45) is 0 Å². The number of imidazole rings is 1. The number of nitrogens with zero attached hydrogens (tertiary/aromatic N) is 2. The Kier molecular flexibility index (Phi) is 5.19. The zero-order valence-corrected chi connectivity index (χ0v) is 14.5. The molecule has 0 radical (unpaired) electrons. The van der Waals surface area contributed by atoms with Crippen molar-refractivity contribution in [1.82, 2.24) is 9.55 Å². The molecule has 0 amide bonds. The highest BCUT2D eigenvalue weighted by molar-refractivity contribution is 5.85. The maximum Gasteiger partial charge on any atom is 0.208 e. The van der Waals surface area contributed by atoms with Gasteiger partial charge in [0.25, 0.3) is 0 Å². The van der Waals surface area contributed by atoms with Crippen LogP contribution in [-0.2, 0) is 6.54 Å². The van der Waals surface area contributed by atoms with E-state index >= 15 is 0 Å². The lowest BCUT2D eigenvalue weighted by atomic mass is 10.2. The van der Waals surface area contributed by atoms with E-state index in [-0.39, 0.29) is 18.1 Å². The summed E-state index contributed by atoms with van der Waals surface area (Å²) in [7, 11) is 0. The molecule has 3 nitrogen and oxygen atoms in total. The van der Waals surface area contributed by atoms with Crippen LogP contribution >= 0.6 is 12.4 Å². The molecule has 1 heterocycles. The molecule has 3 aromatic carbocycles. The molecule has 4 rings (SSSR count). The van der Waals surface area contributed by atoms with Gasteiger partial charge in [0.05, 0.1) is 16.7 Å². The molecule has 4 aromatic rings. The number of anilines is 1. The Bertz CT molecular complexity index is 1030. The van der Waals surface area contributed by atoms with Gasteiger partial charge in [-0.25, -0.2) is 13.8 Å². The minimum atomic E-state index is -0.633. The van der Waals surface area contributed by atoms with Crippen LogP contribution in [0.5, 0.6) is 0 Å². The third-order valence-corrected chi connectivity index (χ3v) is 4.00. The van der Waals surface area contributed by atoms with Crippen LogP contribution in [0.15, 0.2) is 72.8 Å². The lowest BCUT2D eigenvalue weighted by molar-refractivity contribution is 0.578. The molecule has 0 aliphatic heterocycles. The molecule has 6 heteroatoms. The van der Waals surface area contributed by atoms with E-state index in [1.807, 2.05) is 54.6 Å². The van der Waals surface area contributed by atoms with Gasteiger partial charge in [-0.15, -0.1) is 12.4 Å². The van der Waals surface area contributed by atoms with Gasteiger partial charge in [-0.3, -0.25) is 4.57 Å². The molecule has 0 saturated heterocycles. The zero-order valence-electron chi connectivity index (χ0n) is 13.7. The van der Waals surface area contributed by atoms with Crippen molar-refractivity contribution in [3.05, 3.63) is 90.0 Å². The highest BCUT2D eigenvalue weighted by Crippen LogP contribution is 2.27. The monoisotopic (exact) mass is 371 g/mol. The van der Waals surface area contributed by atoms with Gasteiger partial charge in [-0.2, -0.15) is 0 Å². The molecule has 0 spiro atoms. The molecule has 0 atom stereocenters. The Hall–Kier alpha value is -2.92. The fraction of sp³-hybridized carbons (Fsp3) is 0.0500. The van der Waals surface area contributed by atoms with Gasteiger partial charge in [0.2, 0.25) is 5.95 Å². The largest absolute Gasteiger partial charge is 0.351 e. The van der Waals surface area contributed by atoms with E-state index in [1.54, 1.807) is 4.57 Å². The van der Waals surface area contributed by atoms with E-state index in [4.69, 9.17) is 0 Å². The Balaban J connectivity index is 0.00000196. The van der Waals surface area contributed by atoms with E-state index in [0.717, 1.165) is 22.7 Å². The second kappa shape index (κ2) is 7.54. The first-order chi connectivity index (χ1) is 12.2. The molecule has 0 bridgehead atoms. The van der Waals surface area contributed by atoms with E-state index in [0.29, 0.717) is 12.5 Å². The number of para-hydroxylation sites is 2. The van der Waals surface area contributed by atoms with Gasteiger partial charge in [0, 0.05) is 12.6 Å².